The number of benzene rings is 1. The van der Waals surface area contributed by atoms with Crippen LogP contribution in [0.4, 0.5) is 23.8 Å². The third-order valence-corrected chi connectivity index (χ3v) is 4.20. The number of nitrogens with zero attached hydrogens (tertiary/aromatic N) is 2. The second-order valence-electron chi connectivity index (χ2n) is 5.82. The van der Waals surface area contributed by atoms with E-state index in [4.69, 9.17) is 9.84 Å². The summed E-state index contributed by atoms with van der Waals surface area (Å²) in [5.74, 6) is 0.810. The number of amides is 2. The summed E-state index contributed by atoms with van der Waals surface area (Å²) in [5, 5.41) is 9.67. The predicted octanol–water partition coefficient (Wildman–Crippen LogP) is 3.38. The van der Waals surface area contributed by atoms with Crippen LogP contribution in [0.2, 0.25) is 0 Å². The van der Waals surface area contributed by atoms with Gasteiger partial charge in [0.05, 0.1) is 11.8 Å². The molecule has 2 heterocycles. The molecule has 0 bridgehead atoms. The molecule has 1 aliphatic rings. The van der Waals surface area contributed by atoms with Crippen LogP contribution in [0.3, 0.4) is 0 Å². The Morgan fingerprint density at radius 2 is 2.00 bits per heavy atom. The van der Waals surface area contributed by atoms with Crippen LogP contribution in [0.25, 0.3) is 0 Å². The molecule has 152 valence electrons. The first-order chi connectivity index (χ1) is 13.4. The van der Waals surface area contributed by atoms with E-state index in [-0.39, 0.29) is 18.2 Å². The molecular formula is C19H22F3N3O3. The highest BCUT2D eigenvalue weighted by Gasteiger charge is 2.34. The number of anilines is 1. The molecule has 1 aliphatic heterocycles. The van der Waals surface area contributed by atoms with Crippen LogP contribution < -0.4 is 15.0 Å². The molecule has 0 saturated carbocycles. The molecule has 6 nitrogen and oxygen atoms in total. The van der Waals surface area contributed by atoms with E-state index in [0.29, 0.717) is 36.6 Å². The standard InChI is InChI=1S/C18H18F3N3O2.CH4O/c1-2-12-4-3-5-15(18(19,20)21)14(12)11-26-13-6-7-16(23-10-13)24-9-8-22-17(24)25;1-2/h3-7,10H,2,8-9,11H2,1H3,(H,22,25);2H,1H3. The molecule has 3 rings (SSSR count). The van der Waals surface area contributed by atoms with Gasteiger partial charge in [0, 0.05) is 25.8 Å². The zero-order chi connectivity index (χ0) is 20.7. The number of alkyl halides is 3. The molecular weight excluding hydrogens is 375 g/mol. The summed E-state index contributed by atoms with van der Waals surface area (Å²) in [6, 6.07) is 7.11. The Balaban J connectivity index is 0.00000136. The minimum atomic E-state index is -4.44. The normalized spacial score (nSPS) is 13.6. The Morgan fingerprint density at radius 1 is 1.25 bits per heavy atom. The molecule has 2 amide bonds. The number of hydrogen-bond donors (Lipinski definition) is 2. The number of aliphatic hydroxyl groups excluding tert-OH is 1. The van der Waals surface area contributed by atoms with E-state index in [0.717, 1.165) is 13.2 Å². The number of halogens is 3. The van der Waals surface area contributed by atoms with E-state index < -0.39 is 11.7 Å². The van der Waals surface area contributed by atoms with Crippen molar-refractivity contribution in [2.24, 2.45) is 0 Å². The molecule has 1 aromatic heterocycles. The second-order valence-corrected chi connectivity index (χ2v) is 5.82. The number of aryl methyl sites for hydroxylation is 1. The van der Waals surface area contributed by atoms with E-state index >= 15 is 0 Å². The van der Waals surface area contributed by atoms with Crippen molar-refractivity contribution >= 4 is 11.8 Å². The monoisotopic (exact) mass is 397 g/mol. The maximum Gasteiger partial charge on any atom is 0.416 e. The molecule has 2 aromatic rings. The van der Waals surface area contributed by atoms with Gasteiger partial charge in [0.15, 0.2) is 0 Å². The first kappa shape index (κ1) is 21.5. The van der Waals surface area contributed by atoms with Gasteiger partial charge in [-0.25, -0.2) is 9.78 Å². The fraction of sp³-hybridized carbons (Fsp3) is 0.368. The zero-order valence-corrected chi connectivity index (χ0v) is 15.6. The molecule has 1 aromatic carbocycles. The van der Waals surface area contributed by atoms with Gasteiger partial charge in [-0.2, -0.15) is 13.2 Å². The minimum Gasteiger partial charge on any atom is -0.487 e. The van der Waals surface area contributed by atoms with Gasteiger partial charge >= 0.3 is 12.2 Å². The van der Waals surface area contributed by atoms with Crippen molar-refractivity contribution in [3.05, 3.63) is 53.2 Å². The first-order valence-electron chi connectivity index (χ1n) is 8.67. The van der Waals surface area contributed by atoms with Gasteiger partial charge in [0.1, 0.15) is 18.2 Å². The van der Waals surface area contributed by atoms with Gasteiger partial charge in [0.25, 0.3) is 0 Å². The lowest BCUT2D eigenvalue weighted by Crippen LogP contribution is -2.28. The van der Waals surface area contributed by atoms with E-state index in [2.05, 4.69) is 10.3 Å². The van der Waals surface area contributed by atoms with Gasteiger partial charge in [-0.15, -0.1) is 0 Å². The molecule has 9 heteroatoms. The maximum atomic E-state index is 13.2. The molecule has 0 unspecified atom stereocenters. The van der Waals surface area contributed by atoms with Crippen LogP contribution >= 0.6 is 0 Å². The number of urea groups is 1. The number of pyridine rings is 1. The van der Waals surface area contributed by atoms with Crippen molar-refractivity contribution in [2.45, 2.75) is 26.1 Å². The first-order valence-corrected chi connectivity index (χ1v) is 8.67. The Kier molecular flexibility index (Phi) is 7.22. The Labute approximate surface area is 161 Å². The number of aliphatic hydroxyl groups is 1. The van der Waals surface area contributed by atoms with Gasteiger partial charge in [0.2, 0.25) is 0 Å². The van der Waals surface area contributed by atoms with E-state index in [9.17, 15) is 18.0 Å². The summed E-state index contributed by atoms with van der Waals surface area (Å²) in [6.07, 6.45) is -2.55. The Hall–Kier alpha value is -2.81. The molecule has 0 atom stereocenters. The van der Waals surface area contributed by atoms with Crippen molar-refractivity contribution < 1.29 is 27.8 Å². The van der Waals surface area contributed by atoms with Crippen LogP contribution in [-0.4, -0.2) is 36.3 Å². The van der Waals surface area contributed by atoms with Gasteiger partial charge < -0.3 is 15.2 Å². The fourth-order valence-corrected chi connectivity index (χ4v) is 2.87. The van der Waals surface area contributed by atoms with Crippen LogP contribution in [-0.2, 0) is 19.2 Å². The van der Waals surface area contributed by atoms with Gasteiger partial charge in [-0.1, -0.05) is 19.1 Å². The minimum absolute atomic E-state index is 0.130. The Morgan fingerprint density at radius 3 is 2.54 bits per heavy atom. The number of rotatable bonds is 5. The van der Waals surface area contributed by atoms with Crippen molar-refractivity contribution in [3.63, 3.8) is 0 Å². The van der Waals surface area contributed by atoms with Crippen molar-refractivity contribution in [2.75, 3.05) is 25.1 Å². The zero-order valence-electron chi connectivity index (χ0n) is 15.6. The molecule has 0 aliphatic carbocycles. The number of nitrogens with one attached hydrogen (secondary N) is 1. The molecule has 1 saturated heterocycles. The molecule has 28 heavy (non-hydrogen) atoms. The SMILES string of the molecule is CCc1cccc(C(F)(F)F)c1COc1ccc(N2CCNC2=O)nc1.CO. The topological polar surface area (TPSA) is 74.7 Å². The van der Waals surface area contributed by atoms with Crippen LogP contribution in [0.15, 0.2) is 36.5 Å². The largest absolute Gasteiger partial charge is 0.487 e. The molecule has 0 spiro atoms. The number of aromatic nitrogens is 1. The third-order valence-electron chi connectivity index (χ3n) is 4.20. The van der Waals surface area contributed by atoms with E-state index in [1.165, 1.54) is 17.2 Å². The van der Waals surface area contributed by atoms with E-state index in [1.807, 2.05) is 0 Å². The number of carbonyl (C=O) groups is 1. The predicted molar refractivity (Wildman–Crippen MR) is 98.3 cm³/mol. The molecule has 1 fully saturated rings. The van der Waals surface area contributed by atoms with Crippen molar-refractivity contribution in [1.29, 1.82) is 0 Å². The highest BCUT2D eigenvalue weighted by atomic mass is 19.4. The summed E-state index contributed by atoms with van der Waals surface area (Å²) in [4.78, 5) is 17.2. The second kappa shape index (κ2) is 9.41. The van der Waals surface area contributed by atoms with Crippen molar-refractivity contribution in [3.8, 4) is 5.75 Å². The lowest BCUT2D eigenvalue weighted by Gasteiger charge is -2.17. The average molecular weight is 397 g/mol. The van der Waals surface area contributed by atoms with Gasteiger partial charge in [-0.05, 0) is 30.2 Å². The summed E-state index contributed by atoms with van der Waals surface area (Å²) < 4.78 is 45.3. The number of hydrogen-bond acceptors (Lipinski definition) is 4. The molecule has 0 radical (unpaired) electrons. The quantitative estimate of drug-likeness (QED) is 0.811. The summed E-state index contributed by atoms with van der Waals surface area (Å²) >= 11 is 0. The lowest BCUT2D eigenvalue weighted by molar-refractivity contribution is -0.138. The highest BCUT2D eigenvalue weighted by molar-refractivity contribution is 5.93. The number of carbonyl (C=O) groups excluding carboxylic acids is 1. The summed E-state index contributed by atoms with van der Waals surface area (Å²) in [7, 11) is 1.00. The van der Waals surface area contributed by atoms with Gasteiger partial charge in [-0.3, -0.25) is 4.90 Å². The molecule has 2 N–H and O–H groups in total. The Bertz CT molecular complexity index is 795. The smallest absolute Gasteiger partial charge is 0.416 e. The third kappa shape index (κ3) is 4.92. The summed E-state index contributed by atoms with van der Waals surface area (Å²) in [6.45, 7) is 2.66. The lowest BCUT2D eigenvalue weighted by atomic mass is 9.99. The fourth-order valence-electron chi connectivity index (χ4n) is 2.87. The van der Waals surface area contributed by atoms with Crippen molar-refractivity contribution in [1.82, 2.24) is 10.3 Å². The maximum absolute atomic E-state index is 13.2. The van der Waals surface area contributed by atoms with Crippen LogP contribution in [0, 0.1) is 0 Å². The highest BCUT2D eigenvalue weighted by Crippen LogP contribution is 2.34. The van der Waals surface area contributed by atoms with Crippen LogP contribution in [0.5, 0.6) is 5.75 Å². The summed E-state index contributed by atoms with van der Waals surface area (Å²) in [5.41, 5.74) is 0.0406. The number of ether oxygens (including phenoxy) is 1. The van der Waals surface area contributed by atoms with Crippen LogP contribution in [0.1, 0.15) is 23.6 Å². The average Bonchev–Trinajstić information content (AvgIpc) is 3.13. The van der Waals surface area contributed by atoms with E-state index in [1.54, 1.807) is 25.1 Å².